The van der Waals surface area contributed by atoms with Crippen LogP contribution >= 0.6 is 9.24 Å². The van der Waals surface area contributed by atoms with E-state index in [4.69, 9.17) is 0 Å². The standard InChI is InChI=1S/C9H2F19P/c10-1(11,2(12,13)4(16,17)6(20,21)8(24,25)26)3(14,15)5(18,19)7(22,23)9(27,28)29/h29H2. The topological polar surface area (TPSA) is 0 Å². The lowest BCUT2D eigenvalue weighted by Crippen LogP contribution is -2.75. The van der Waals surface area contributed by atoms with Crippen molar-refractivity contribution in [2.75, 3.05) is 0 Å². The Morgan fingerprint density at radius 1 is 0.276 bits per heavy atom. The van der Waals surface area contributed by atoms with Crippen LogP contribution in [0.2, 0.25) is 0 Å². The van der Waals surface area contributed by atoms with Gasteiger partial charge < -0.3 is 0 Å². The lowest BCUT2D eigenvalue weighted by Gasteiger charge is -2.43. The summed E-state index contributed by atoms with van der Waals surface area (Å²) in [7, 11) is -0.609. The smallest absolute Gasteiger partial charge is 0.195 e. The molecule has 176 valence electrons. The molecule has 0 aromatic carbocycles. The number of alkyl halides is 19. The predicted molar refractivity (Wildman–Crippen MR) is 55.3 cm³/mol. The van der Waals surface area contributed by atoms with E-state index in [0.717, 1.165) is 0 Å². The van der Waals surface area contributed by atoms with Crippen LogP contribution in [0.25, 0.3) is 0 Å². The molecule has 29 heavy (non-hydrogen) atoms. The largest absolute Gasteiger partial charge is 0.460 e. The van der Waals surface area contributed by atoms with Gasteiger partial charge in [0.15, 0.2) is 0 Å². The van der Waals surface area contributed by atoms with E-state index < -0.39 is 62.5 Å². The van der Waals surface area contributed by atoms with Crippen LogP contribution in [0.4, 0.5) is 83.4 Å². The quantitative estimate of drug-likeness (QED) is 0.277. The van der Waals surface area contributed by atoms with E-state index in [0.29, 0.717) is 0 Å². The van der Waals surface area contributed by atoms with Crippen molar-refractivity contribution in [3.05, 3.63) is 0 Å². The summed E-state index contributed by atoms with van der Waals surface area (Å²) in [5.74, 6) is -59.5. The fourth-order valence-electron chi connectivity index (χ4n) is 1.37. The van der Waals surface area contributed by atoms with E-state index in [-0.39, 0.29) is 0 Å². The molecule has 0 aliphatic carbocycles. The minimum Gasteiger partial charge on any atom is -0.195 e. The third-order valence-electron chi connectivity index (χ3n) is 3.14. The van der Waals surface area contributed by atoms with Crippen LogP contribution in [0.1, 0.15) is 0 Å². The van der Waals surface area contributed by atoms with Gasteiger partial charge in [-0.2, -0.15) is 83.4 Å². The Hall–Kier alpha value is -0.900. The first-order valence-electron chi connectivity index (χ1n) is 5.88. The molecule has 0 saturated carbocycles. The normalized spacial score (nSPS) is 17.0. The van der Waals surface area contributed by atoms with Gasteiger partial charge in [0.2, 0.25) is 0 Å². The van der Waals surface area contributed by atoms with Gasteiger partial charge in [-0.25, -0.2) is 0 Å². The summed E-state index contributed by atoms with van der Waals surface area (Å²) in [6, 6.07) is 0. The highest BCUT2D eigenvalue weighted by Crippen LogP contribution is 2.65. The zero-order valence-corrected chi connectivity index (χ0v) is 13.4. The Bertz CT molecular complexity index is 554. The lowest BCUT2D eigenvalue weighted by atomic mass is 9.89. The van der Waals surface area contributed by atoms with E-state index in [1.807, 2.05) is 0 Å². The number of halogens is 19. The molecule has 0 amide bonds. The van der Waals surface area contributed by atoms with Crippen LogP contribution in [-0.2, 0) is 0 Å². The number of rotatable bonds is 7. The maximum Gasteiger partial charge on any atom is 0.460 e. The van der Waals surface area contributed by atoms with Crippen LogP contribution < -0.4 is 0 Å². The summed E-state index contributed by atoms with van der Waals surface area (Å²) in [4.78, 5) is 0. The molecule has 0 rings (SSSR count). The third kappa shape index (κ3) is 3.38. The van der Waals surface area contributed by atoms with Gasteiger partial charge in [-0.3, -0.25) is 0 Å². The molecule has 20 heteroatoms. The van der Waals surface area contributed by atoms with E-state index in [9.17, 15) is 83.4 Å². The van der Waals surface area contributed by atoms with Gasteiger partial charge in [-0.15, -0.1) is 0 Å². The van der Waals surface area contributed by atoms with Crippen molar-refractivity contribution in [3.8, 4) is 0 Å². The number of hydrogen-bond acceptors (Lipinski definition) is 0. The van der Waals surface area contributed by atoms with Gasteiger partial charge in [0.05, 0.1) is 0 Å². The number of hydrogen-bond donors (Lipinski definition) is 0. The third-order valence-corrected chi connectivity index (χ3v) is 3.50. The summed E-state index contributed by atoms with van der Waals surface area (Å²) in [6.07, 6.45) is -7.87. The molecular weight excluding hydrogens is 500 g/mol. The van der Waals surface area contributed by atoms with Crippen LogP contribution in [-0.4, -0.2) is 53.3 Å². The Morgan fingerprint density at radius 3 is 0.621 bits per heavy atom. The first-order valence-corrected chi connectivity index (χ1v) is 6.46. The van der Waals surface area contributed by atoms with Gasteiger partial charge >= 0.3 is 53.3 Å². The summed E-state index contributed by atoms with van der Waals surface area (Å²) in [6.45, 7) is 0. The molecule has 0 fully saturated rings. The average Bonchev–Trinajstić information content (AvgIpc) is 2.43. The monoisotopic (exact) mass is 502 g/mol. The summed E-state index contributed by atoms with van der Waals surface area (Å²) in [5, 5.41) is 0. The molecule has 0 aliphatic rings. The van der Waals surface area contributed by atoms with Gasteiger partial charge in [-0.05, 0) is 0 Å². The molecule has 0 radical (unpaired) electrons. The molecule has 0 bridgehead atoms. The van der Waals surface area contributed by atoms with Crippen LogP contribution in [0.15, 0.2) is 0 Å². The Labute approximate surface area is 147 Å². The second kappa shape index (κ2) is 6.55. The zero-order valence-electron chi connectivity index (χ0n) is 12.3. The molecule has 0 aliphatic heterocycles. The Morgan fingerprint density at radius 2 is 0.448 bits per heavy atom. The maximum atomic E-state index is 13.1. The maximum absolute atomic E-state index is 13.1. The minimum atomic E-state index is -8.86. The predicted octanol–water partition coefficient (Wildman–Crippen LogP) is 6.46. The van der Waals surface area contributed by atoms with Crippen molar-refractivity contribution in [1.29, 1.82) is 0 Å². The molecule has 0 nitrogen and oxygen atoms in total. The van der Waals surface area contributed by atoms with Gasteiger partial charge in [0.25, 0.3) is 0 Å². The molecule has 0 N–H and O–H groups in total. The zero-order chi connectivity index (χ0) is 24.5. The molecule has 1 atom stereocenters. The van der Waals surface area contributed by atoms with Gasteiger partial charge in [0, 0.05) is 0 Å². The lowest BCUT2D eigenvalue weighted by molar-refractivity contribution is -0.465. The minimum absolute atomic E-state index is 0.609. The molecular formula is C9H2F19P. The molecule has 0 spiro atoms. The van der Waals surface area contributed by atoms with Crippen LogP contribution in [0, 0.1) is 0 Å². The molecule has 0 heterocycles. The molecule has 0 saturated heterocycles. The Balaban J connectivity index is 6.82. The van der Waals surface area contributed by atoms with Crippen LogP contribution in [0.3, 0.4) is 0 Å². The molecule has 0 aromatic rings. The summed E-state index contributed by atoms with van der Waals surface area (Å²) < 4.78 is 240. The van der Waals surface area contributed by atoms with E-state index in [1.165, 1.54) is 0 Å². The Kier molecular flexibility index (Phi) is 6.34. The van der Waals surface area contributed by atoms with Crippen molar-refractivity contribution in [3.63, 3.8) is 0 Å². The van der Waals surface area contributed by atoms with Crippen molar-refractivity contribution in [2.24, 2.45) is 0 Å². The van der Waals surface area contributed by atoms with E-state index in [1.54, 1.807) is 0 Å². The molecule has 0 aromatic heterocycles. The van der Waals surface area contributed by atoms with Crippen molar-refractivity contribution in [2.45, 2.75) is 53.3 Å². The second-order valence-electron chi connectivity index (χ2n) is 5.14. The van der Waals surface area contributed by atoms with Crippen LogP contribution in [0.5, 0.6) is 0 Å². The van der Waals surface area contributed by atoms with Gasteiger partial charge in [-0.1, -0.05) is 9.24 Å². The van der Waals surface area contributed by atoms with Crippen molar-refractivity contribution >= 4 is 9.24 Å². The average molecular weight is 502 g/mol. The first kappa shape index (κ1) is 28.1. The highest BCUT2D eigenvalue weighted by molar-refractivity contribution is 7.18. The highest BCUT2D eigenvalue weighted by Gasteiger charge is 2.96. The van der Waals surface area contributed by atoms with E-state index in [2.05, 4.69) is 0 Å². The highest BCUT2D eigenvalue weighted by atomic mass is 31.0. The van der Waals surface area contributed by atoms with Crippen molar-refractivity contribution < 1.29 is 83.4 Å². The fraction of sp³-hybridized carbons (Fsp3) is 1.00. The second-order valence-corrected chi connectivity index (χ2v) is 5.87. The van der Waals surface area contributed by atoms with E-state index >= 15 is 0 Å². The molecule has 1 unspecified atom stereocenters. The fourth-order valence-corrected chi connectivity index (χ4v) is 1.55. The van der Waals surface area contributed by atoms with Crippen molar-refractivity contribution in [1.82, 2.24) is 0 Å². The van der Waals surface area contributed by atoms with Gasteiger partial charge in [0.1, 0.15) is 0 Å². The first-order chi connectivity index (χ1) is 12.0. The summed E-state index contributed by atoms with van der Waals surface area (Å²) >= 11 is 0. The summed E-state index contributed by atoms with van der Waals surface area (Å²) in [5.41, 5.74) is -6.51. The SMILES string of the molecule is FC(F)(F)C(F)(F)C(F)(F)C(F)(F)C(F)(F)C(F)(F)C(F)(F)C(F)(F)C(F)(F)P.